The number of benzene rings is 1. The van der Waals surface area contributed by atoms with E-state index in [9.17, 15) is 9.90 Å². The number of rotatable bonds is 3. The molecule has 2 rings (SSSR count). The first-order chi connectivity index (χ1) is 10.1. The van der Waals surface area contributed by atoms with Crippen molar-refractivity contribution in [2.24, 2.45) is 4.99 Å². The maximum Gasteiger partial charge on any atom is 0.348 e. The van der Waals surface area contributed by atoms with Crippen LogP contribution in [0, 0.1) is 6.92 Å². The van der Waals surface area contributed by atoms with Gasteiger partial charge in [0.2, 0.25) is 0 Å². The highest BCUT2D eigenvalue weighted by atomic mass is 32.1. The molecule has 0 aliphatic carbocycles. The predicted molar refractivity (Wildman–Crippen MR) is 84.9 cm³/mol. The van der Waals surface area contributed by atoms with Crippen LogP contribution in [-0.4, -0.2) is 16.4 Å². The van der Waals surface area contributed by atoms with Gasteiger partial charge in [-0.1, -0.05) is 30.3 Å². The molecule has 0 bridgehead atoms. The van der Waals surface area contributed by atoms with E-state index in [1.54, 1.807) is 6.92 Å². The van der Waals surface area contributed by atoms with Gasteiger partial charge in [0.1, 0.15) is 17.1 Å². The first-order valence-electron chi connectivity index (χ1n) is 6.26. The average molecular weight is 302 g/mol. The lowest BCUT2D eigenvalue weighted by Gasteiger charge is -2.03. The van der Waals surface area contributed by atoms with Crippen LogP contribution in [-0.2, 0) is 6.54 Å². The standard InChI is InChI=1S/C15H14N2O3S/c1-10-7-13(18)12(14(19)20-10)9-17-15(21)16-8-11-5-3-2-4-6-11/h2-7,9,18H,8H2,1H3,(H,16,21). The lowest BCUT2D eigenvalue weighted by atomic mass is 10.2. The monoisotopic (exact) mass is 302 g/mol. The van der Waals surface area contributed by atoms with Crippen LogP contribution in [0.5, 0.6) is 5.75 Å². The largest absolute Gasteiger partial charge is 0.507 e. The van der Waals surface area contributed by atoms with E-state index in [-0.39, 0.29) is 16.4 Å². The Balaban J connectivity index is 2.01. The molecule has 0 saturated heterocycles. The first-order valence-corrected chi connectivity index (χ1v) is 6.66. The van der Waals surface area contributed by atoms with Crippen LogP contribution in [0.4, 0.5) is 0 Å². The minimum absolute atomic E-state index is 0.0236. The van der Waals surface area contributed by atoms with Gasteiger partial charge in [-0.25, -0.2) is 9.79 Å². The van der Waals surface area contributed by atoms with Crippen molar-refractivity contribution in [1.29, 1.82) is 0 Å². The van der Waals surface area contributed by atoms with Crippen LogP contribution in [0.3, 0.4) is 0 Å². The van der Waals surface area contributed by atoms with Gasteiger partial charge in [-0.05, 0) is 24.7 Å². The van der Waals surface area contributed by atoms with E-state index in [0.717, 1.165) is 5.56 Å². The van der Waals surface area contributed by atoms with E-state index < -0.39 is 5.63 Å². The maximum absolute atomic E-state index is 11.6. The highest BCUT2D eigenvalue weighted by Gasteiger charge is 2.07. The molecule has 0 spiro atoms. The van der Waals surface area contributed by atoms with Gasteiger partial charge in [0, 0.05) is 18.8 Å². The number of nitrogens with zero attached hydrogens (tertiary/aromatic N) is 1. The Morgan fingerprint density at radius 3 is 2.81 bits per heavy atom. The van der Waals surface area contributed by atoms with E-state index in [4.69, 9.17) is 16.6 Å². The molecule has 6 heteroatoms. The number of aromatic hydroxyl groups is 1. The maximum atomic E-state index is 11.6. The van der Waals surface area contributed by atoms with Crippen LogP contribution in [0.1, 0.15) is 16.9 Å². The number of hydrogen-bond acceptors (Lipinski definition) is 4. The van der Waals surface area contributed by atoms with E-state index >= 15 is 0 Å². The smallest absolute Gasteiger partial charge is 0.348 e. The van der Waals surface area contributed by atoms with Crippen LogP contribution in [0.25, 0.3) is 0 Å². The van der Waals surface area contributed by atoms with Gasteiger partial charge in [-0.3, -0.25) is 0 Å². The van der Waals surface area contributed by atoms with Gasteiger partial charge < -0.3 is 14.8 Å². The van der Waals surface area contributed by atoms with Gasteiger partial charge in [0.05, 0.1) is 0 Å². The first kappa shape index (κ1) is 14.9. The summed E-state index contributed by atoms with van der Waals surface area (Å²) in [6.45, 7) is 2.11. The van der Waals surface area contributed by atoms with Gasteiger partial charge in [-0.15, -0.1) is 0 Å². The molecule has 21 heavy (non-hydrogen) atoms. The molecule has 0 aliphatic rings. The average Bonchev–Trinajstić information content (AvgIpc) is 2.45. The summed E-state index contributed by atoms with van der Waals surface area (Å²) in [5.74, 6) is 0.151. The molecule has 1 aromatic carbocycles. The van der Waals surface area contributed by atoms with Crippen LogP contribution >= 0.6 is 12.2 Å². The number of nitrogens with one attached hydrogen (secondary N) is 1. The van der Waals surface area contributed by atoms with Crippen molar-refractivity contribution in [3.05, 3.63) is 63.7 Å². The second-order valence-corrected chi connectivity index (χ2v) is 4.73. The molecule has 1 aromatic heterocycles. The summed E-state index contributed by atoms with van der Waals surface area (Å²) in [5.41, 5.74) is 0.388. The molecule has 0 saturated carbocycles. The molecule has 0 amide bonds. The van der Waals surface area contributed by atoms with Gasteiger partial charge in [0.15, 0.2) is 5.11 Å². The summed E-state index contributed by atoms with van der Waals surface area (Å²) >= 11 is 5.04. The third-order valence-electron chi connectivity index (χ3n) is 2.69. The molecule has 1 heterocycles. The summed E-state index contributed by atoms with van der Waals surface area (Å²) in [4.78, 5) is 15.5. The zero-order chi connectivity index (χ0) is 15.2. The van der Waals surface area contributed by atoms with Crippen LogP contribution in [0.15, 0.2) is 50.6 Å². The number of aliphatic imine (C=N–C) groups is 1. The lowest BCUT2D eigenvalue weighted by molar-refractivity contribution is 0.433. The minimum atomic E-state index is -0.651. The normalized spacial score (nSPS) is 10.7. The summed E-state index contributed by atoms with van der Waals surface area (Å²) in [7, 11) is 0. The van der Waals surface area contributed by atoms with Crippen molar-refractivity contribution in [3.8, 4) is 5.75 Å². The summed E-state index contributed by atoms with van der Waals surface area (Å²) in [6.07, 6.45) is 1.20. The number of thiocarbonyl (C=S) groups is 1. The summed E-state index contributed by atoms with van der Waals surface area (Å²) in [5, 5.41) is 12.8. The molecule has 0 unspecified atom stereocenters. The van der Waals surface area contributed by atoms with Crippen molar-refractivity contribution in [3.63, 3.8) is 0 Å². The highest BCUT2D eigenvalue weighted by Crippen LogP contribution is 2.12. The van der Waals surface area contributed by atoms with Crippen molar-refractivity contribution in [2.45, 2.75) is 13.5 Å². The second kappa shape index (κ2) is 6.81. The molecular formula is C15H14N2O3S. The molecule has 5 nitrogen and oxygen atoms in total. The Bertz CT molecular complexity index is 723. The third kappa shape index (κ3) is 4.25. The summed E-state index contributed by atoms with van der Waals surface area (Å²) in [6, 6.07) is 11.1. The van der Waals surface area contributed by atoms with Gasteiger partial charge in [0.25, 0.3) is 0 Å². The number of hydrogen-bond donors (Lipinski definition) is 2. The molecule has 2 aromatic rings. The van der Waals surface area contributed by atoms with Gasteiger partial charge in [-0.2, -0.15) is 0 Å². The summed E-state index contributed by atoms with van der Waals surface area (Å²) < 4.78 is 4.88. The zero-order valence-electron chi connectivity index (χ0n) is 11.4. The zero-order valence-corrected chi connectivity index (χ0v) is 12.2. The molecule has 0 fully saturated rings. The SMILES string of the molecule is Cc1cc(O)c(C=NC(=S)NCc2ccccc2)c(=O)o1. The second-order valence-electron chi connectivity index (χ2n) is 4.35. The van der Waals surface area contributed by atoms with E-state index in [0.29, 0.717) is 12.3 Å². The molecular weight excluding hydrogens is 288 g/mol. The highest BCUT2D eigenvalue weighted by molar-refractivity contribution is 7.80. The van der Waals surface area contributed by atoms with E-state index in [1.165, 1.54) is 12.3 Å². The quantitative estimate of drug-likeness (QED) is 0.671. The Morgan fingerprint density at radius 2 is 2.14 bits per heavy atom. The lowest BCUT2D eigenvalue weighted by Crippen LogP contribution is -2.19. The number of aryl methyl sites for hydroxylation is 1. The van der Waals surface area contributed by atoms with Crippen molar-refractivity contribution >= 4 is 23.5 Å². The molecule has 0 aliphatic heterocycles. The fourth-order valence-corrected chi connectivity index (χ4v) is 1.79. The fraction of sp³-hybridized carbons (Fsp3) is 0.133. The van der Waals surface area contributed by atoms with Gasteiger partial charge >= 0.3 is 5.63 Å². The van der Waals surface area contributed by atoms with Crippen molar-refractivity contribution in [1.82, 2.24) is 5.32 Å². The fourth-order valence-electron chi connectivity index (χ4n) is 1.67. The Morgan fingerprint density at radius 1 is 1.43 bits per heavy atom. The minimum Gasteiger partial charge on any atom is -0.507 e. The molecule has 108 valence electrons. The van der Waals surface area contributed by atoms with Crippen molar-refractivity contribution < 1.29 is 9.52 Å². The molecule has 0 atom stereocenters. The van der Waals surface area contributed by atoms with E-state index in [2.05, 4.69) is 10.3 Å². The Kier molecular flexibility index (Phi) is 4.84. The molecule has 2 N–H and O–H groups in total. The Labute approximate surface area is 127 Å². The predicted octanol–water partition coefficient (Wildman–Crippen LogP) is 2.15. The van der Waals surface area contributed by atoms with Crippen molar-refractivity contribution in [2.75, 3.05) is 0 Å². The van der Waals surface area contributed by atoms with Crippen LogP contribution in [0.2, 0.25) is 0 Å². The Hall–Kier alpha value is -2.47. The van der Waals surface area contributed by atoms with E-state index in [1.807, 2.05) is 30.3 Å². The van der Waals surface area contributed by atoms with Crippen LogP contribution < -0.4 is 10.9 Å². The third-order valence-corrected chi connectivity index (χ3v) is 2.94. The topological polar surface area (TPSA) is 74.8 Å². The molecule has 0 radical (unpaired) electrons.